The number of pyridine rings is 1. The van der Waals surface area contributed by atoms with E-state index in [0.717, 1.165) is 29.1 Å². The molecule has 0 fully saturated rings. The molecule has 0 saturated carbocycles. The van der Waals surface area contributed by atoms with E-state index in [1.807, 2.05) is 28.8 Å². The molecule has 3 aromatic rings. The summed E-state index contributed by atoms with van der Waals surface area (Å²) in [7, 11) is 0. The fourth-order valence-electron chi connectivity index (χ4n) is 2.24. The molecule has 2 heterocycles. The average Bonchev–Trinajstić information content (AvgIpc) is 2.85. The highest BCUT2D eigenvalue weighted by Crippen LogP contribution is 2.20. The number of hydrogen-bond donors (Lipinski definition) is 1. The number of imidazole rings is 1. The summed E-state index contributed by atoms with van der Waals surface area (Å²) in [5.41, 5.74) is 8.35. The van der Waals surface area contributed by atoms with Crippen molar-refractivity contribution in [3.05, 3.63) is 54.0 Å². The van der Waals surface area contributed by atoms with Crippen LogP contribution in [0, 0.1) is 0 Å². The third-order valence-electron chi connectivity index (χ3n) is 3.21. The zero-order chi connectivity index (χ0) is 14.1. The molecule has 5 heteroatoms. The highest BCUT2D eigenvalue weighted by molar-refractivity contribution is 5.93. The molecular formula is C15H14N4O. The number of benzene rings is 1. The van der Waals surface area contributed by atoms with Crippen LogP contribution in [0.5, 0.6) is 0 Å². The Morgan fingerprint density at radius 2 is 2.00 bits per heavy atom. The van der Waals surface area contributed by atoms with Crippen LogP contribution in [0.1, 0.15) is 23.1 Å². The van der Waals surface area contributed by atoms with Gasteiger partial charge in [0.15, 0.2) is 5.65 Å². The number of carbonyl (C=O) groups is 1. The van der Waals surface area contributed by atoms with Crippen LogP contribution < -0.4 is 5.73 Å². The van der Waals surface area contributed by atoms with Crippen molar-refractivity contribution in [3.63, 3.8) is 0 Å². The molecule has 3 rings (SSSR count). The monoisotopic (exact) mass is 266 g/mol. The van der Waals surface area contributed by atoms with Gasteiger partial charge in [-0.1, -0.05) is 6.92 Å². The Labute approximate surface area is 116 Å². The SMILES string of the molecule is CCc1nc2cccnc2n1-c1ccc(C(N)=O)cc1. The van der Waals surface area contributed by atoms with E-state index in [1.165, 1.54) is 0 Å². The zero-order valence-corrected chi connectivity index (χ0v) is 11.1. The summed E-state index contributed by atoms with van der Waals surface area (Å²) >= 11 is 0. The molecule has 1 amide bonds. The van der Waals surface area contributed by atoms with E-state index in [-0.39, 0.29) is 0 Å². The van der Waals surface area contributed by atoms with E-state index in [0.29, 0.717) is 5.56 Å². The molecule has 0 saturated heterocycles. The Morgan fingerprint density at radius 3 is 2.65 bits per heavy atom. The number of aryl methyl sites for hydroxylation is 1. The number of aromatic nitrogens is 3. The Kier molecular flexibility index (Phi) is 2.95. The Balaban J connectivity index is 2.20. The Bertz CT molecular complexity index is 774. The summed E-state index contributed by atoms with van der Waals surface area (Å²) in [5, 5.41) is 0. The lowest BCUT2D eigenvalue weighted by atomic mass is 10.2. The predicted molar refractivity (Wildman–Crippen MR) is 76.8 cm³/mol. The maximum Gasteiger partial charge on any atom is 0.248 e. The van der Waals surface area contributed by atoms with Gasteiger partial charge < -0.3 is 5.73 Å². The highest BCUT2D eigenvalue weighted by Gasteiger charge is 2.12. The standard InChI is InChI=1S/C15H14N4O/c1-2-13-18-12-4-3-9-17-15(12)19(13)11-7-5-10(6-8-11)14(16)20/h3-9H,2H2,1H3,(H2,16,20). The fraction of sp³-hybridized carbons (Fsp3) is 0.133. The van der Waals surface area contributed by atoms with E-state index in [1.54, 1.807) is 18.3 Å². The van der Waals surface area contributed by atoms with Gasteiger partial charge in [0, 0.05) is 23.9 Å². The van der Waals surface area contributed by atoms with Crippen LogP contribution >= 0.6 is 0 Å². The number of primary amides is 1. The van der Waals surface area contributed by atoms with Gasteiger partial charge in [-0.15, -0.1) is 0 Å². The lowest BCUT2D eigenvalue weighted by Crippen LogP contribution is -2.11. The topological polar surface area (TPSA) is 73.8 Å². The van der Waals surface area contributed by atoms with Crippen LogP contribution in [0.2, 0.25) is 0 Å². The van der Waals surface area contributed by atoms with Gasteiger partial charge in [-0.3, -0.25) is 9.36 Å². The summed E-state index contributed by atoms with van der Waals surface area (Å²) in [6, 6.07) is 11.0. The van der Waals surface area contributed by atoms with E-state index in [4.69, 9.17) is 5.73 Å². The molecule has 0 unspecified atom stereocenters. The van der Waals surface area contributed by atoms with Crippen LogP contribution in [0.4, 0.5) is 0 Å². The molecule has 0 aliphatic heterocycles. The first kappa shape index (κ1) is 12.3. The molecule has 5 nitrogen and oxygen atoms in total. The van der Waals surface area contributed by atoms with E-state index in [2.05, 4.69) is 16.9 Å². The van der Waals surface area contributed by atoms with Crippen LogP contribution in [-0.4, -0.2) is 20.4 Å². The summed E-state index contributed by atoms with van der Waals surface area (Å²) in [6.45, 7) is 2.05. The Hall–Kier alpha value is -2.69. The third-order valence-corrected chi connectivity index (χ3v) is 3.21. The minimum Gasteiger partial charge on any atom is -0.366 e. The Morgan fingerprint density at radius 1 is 1.25 bits per heavy atom. The van der Waals surface area contributed by atoms with Crippen LogP contribution in [0.15, 0.2) is 42.6 Å². The molecule has 0 spiro atoms. The number of amides is 1. The van der Waals surface area contributed by atoms with Gasteiger partial charge in [0.1, 0.15) is 11.3 Å². The molecule has 0 aliphatic carbocycles. The van der Waals surface area contributed by atoms with Gasteiger partial charge in [0.25, 0.3) is 0 Å². The van der Waals surface area contributed by atoms with Crippen molar-refractivity contribution < 1.29 is 4.79 Å². The largest absolute Gasteiger partial charge is 0.366 e. The fourth-order valence-corrected chi connectivity index (χ4v) is 2.24. The van der Waals surface area contributed by atoms with Crippen molar-refractivity contribution in [1.82, 2.24) is 14.5 Å². The summed E-state index contributed by atoms with van der Waals surface area (Å²) in [5.74, 6) is 0.506. The number of nitrogens with zero attached hydrogens (tertiary/aromatic N) is 3. The van der Waals surface area contributed by atoms with Crippen molar-refractivity contribution in [1.29, 1.82) is 0 Å². The van der Waals surface area contributed by atoms with Gasteiger partial charge in [-0.25, -0.2) is 9.97 Å². The molecule has 0 aliphatic rings. The average molecular weight is 266 g/mol. The van der Waals surface area contributed by atoms with Crippen LogP contribution in [0.25, 0.3) is 16.9 Å². The number of carbonyl (C=O) groups excluding carboxylic acids is 1. The molecule has 0 radical (unpaired) electrons. The van der Waals surface area contributed by atoms with Gasteiger partial charge in [-0.2, -0.15) is 0 Å². The van der Waals surface area contributed by atoms with Gasteiger partial charge >= 0.3 is 0 Å². The van der Waals surface area contributed by atoms with Crippen molar-refractivity contribution in [2.75, 3.05) is 0 Å². The summed E-state index contributed by atoms with van der Waals surface area (Å²) in [6.07, 6.45) is 2.55. The maximum absolute atomic E-state index is 11.1. The minimum absolute atomic E-state index is 0.430. The second-order valence-electron chi connectivity index (χ2n) is 4.47. The second kappa shape index (κ2) is 4.77. The smallest absolute Gasteiger partial charge is 0.248 e. The van der Waals surface area contributed by atoms with E-state index < -0.39 is 5.91 Å². The maximum atomic E-state index is 11.1. The highest BCUT2D eigenvalue weighted by atomic mass is 16.1. The van der Waals surface area contributed by atoms with Crippen molar-refractivity contribution in [3.8, 4) is 5.69 Å². The number of nitrogens with two attached hydrogens (primary N) is 1. The minimum atomic E-state index is -0.430. The normalized spacial score (nSPS) is 10.8. The van der Waals surface area contributed by atoms with E-state index in [9.17, 15) is 4.79 Å². The lowest BCUT2D eigenvalue weighted by molar-refractivity contribution is 0.100. The molecule has 100 valence electrons. The number of hydrogen-bond acceptors (Lipinski definition) is 3. The van der Waals surface area contributed by atoms with Crippen LogP contribution in [-0.2, 0) is 6.42 Å². The molecule has 1 aromatic carbocycles. The van der Waals surface area contributed by atoms with Gasteiger partial charge in [0.2, 0.25) is 5.91 Å². The quantitative estimate of drug-likeness (QED) is 0.788. The van der Waals surface area contributed by atoms with Crippen molar-refractivity contribution in [2.45, 2.75) is 13.3 Å². The lowest BCUT2D eigenvalue weighted by Gasteiger charge is -2.07. The zero-order valence-electron chi connectivity index (χ0n) is 11.1. The third kappa shape index (κ3) is 1.93. The molecule has 0 atom stereocenters. The second-order valence-corrected chi connectivity index (χ2v) is 4.47. The first-order valence-electron chi connectivity index (χ1n) is 6.43. The van der Waals surface area contributed by atoms with Gasteiger partial charge in [0.05, 0.1) is 0 Å². The molecule has 2 aromatic heterocycles. The molecular weight excluding hydrogens is 252 g/mol. The van der Waals surface area contributed by atoms with Crippen LogP contribution in [0.3, 0.4) is 0 Å². The van der Waals surface area contributed by atoms with E-state index >= 15 is 0 Å². The first-order valence-corrected chi connectivity index (χ1v) is 6.43. The first-order chi connectivity index (χ1) is 9.70. The molecule has 2 N–H and O–H groups in total. The van der Waals surface area contributed by atoms with Crippen molar-refractivity contribution in [2.24, 2.45) is 5.73 Å². The summed E-state index contributed by atoms with van der Waals surface area (Å²) in [4.78, 5) is 20.1. The predicted octanol–water partition coefficient (Wildman–Crippen LogP) is 2.08. The van der Waals surface area contributed by atoms with Gasteiger partial charge in [-0.05, 0) is 36.4 Å². The molecule has 0 bridgehead atoms. The summed E-state index contributed by atoms with van der Waals surface area (Å²) < 4.78 is 2.00. The number of fused-ring (bicyclic) bond motifs is 1. The molecule has 20 heavy (non-hydrogen) atoms. The number of rotatable bonds is 3. The van der Waals surface area contributed by atoms with Crippen molar-refractivity contribution >= 4 is 17.1 Å².